The van der Waals surface area contributed by atoms with Gasteiger partial charge in [0, 0.05) is 51.5 Å². The van der Waals surface area contributed by atoms with Crippen LogP contribution < -0.4 is 0 Å². The molecule has 2 heterocycles. The first-order valence-corrected chi connectivity index (χ1v) is 16.9. The van der Waals surface area contributed by atoms with Gasteiger partial charge in [0.25, 0.3) is 0 Å². The van der Waals surface area contributed by atoms with E-state index in [1.54, 1.807) is 0 Å². The van der Waals surface area contributed by atoms with Crippen LogP contribution in [-0.2, 0) is 0 Å². The number of rotatable bonds is 4. The van der Waals surface area contributed by atoms with Gasteiger partial charge in [0.2, 0.25) is 0 Å². The van der Waals surface area contributed by atoms with Gasteiger partial charge < -0.3 is 0 Å². The normalized spacial score (nSPS) is 11.5. The molecule has 0 saturated carbocycles. The average Bonchev–Trinajstić information content (AvgIpc) is 3.69. The number of nitriles is 1. The Balaban J connectivity index is 1.29. The molecule has 0 aliphatic carbocycles. The van der Waals surface area contributed by atoms with Crippen molar-refractivity contribution < 1.29 is 0 Å². The molecular formula is C43H25NS2. The molecule has 0 N–H and O–H groups in total. The molecule has 0 spiro atoms. The molecule has 9 rings (SSSR count). The second-order valence-corrected chi connectivity index (χ2v) is 13.8. The molecule has 2 aromatic heterocycles. The van der Waals surface area contributed by atoms with E-state index in [2.05, 4.69) is 140 Å². The summed E-state index contributed by atoms with van der Waals surface area (Å²) in [5.74, 6) is 0. The Bertz CT molecular complexity index is 2650. The Morgan fingerprint density at radius 1 is 0.348 bits per heavy atom. The predicted molar refractivity (Wildman–Crippen MR) is 199 cm³/mol. The van der Waals surface area contributed by atoms with Gasteiger partial charge >= 0.3 is 0 Å². The van der Waals surface area contributed by atoms with Crippen molar-refractivity contribution in [2.75, 3.05) is 0 Å². The molecule has 0 amide bonds. The van der Waals surface area contributed by atoms with Crippen molar-refractivity contribution in [3.05, 3.63) is 157 Å². The maximum absolute atomic E-state index is 10.6. The largest absolute Gasteiger partial charge is 0.192 e. The van der Waals surface area contributed by atoms with Gasteiger partial charge in [-0.05, 0) is 75.8 Å². The molecule has 0 atom stereocenters. The SMILES string of the molecule is N#Cc1c(-c2ccccc2)cccc1-c1cc(-c2ccc3sc4ccccc4c3c2)ccc1-c1ccc2sc3ccccc3c2c1. The lowest BCUT2D eigenvalue weighted by Crippen LogP contribution is -1.93. The van der Waals surface area contributed by atoms with Gasteiger partial charge in [-0.2, -0.15) is 5.26 Å². The van der Waals surface area contributed by atoms with Crippen LogP contribution in [0, 0.1) is 11.3 Å². The summed E-state index contributed by atoms with van der Waals surface area (Å²) in [6.07, 6.45) is 0. The number of hydrogen-bond acceptors (Lipinski definition) is 3. The Morgan fingerprint density at radius 3 is 1.59 bits per heavy atom. The Morgan fingerprint density at radius 2 is 0.891 bits per heavy atom. The highest BCUT2D eigenvalue weighted by atomic mass is 32.1. The summed E-state index contributed by atoms with van der Waals surface area (Å²) in [6, 6.07) is 56.7. The predicted octanol–water partition coefficient (Wildman–Crippen LogP) is 13.0. The minimum absolute atomic E-state index is 0.688. The van der Waals surface area contributed by atoms with Gasteiger partial charge in [-0.3, -0.25) is 0 Å². The Kier molecular flexibility index (Phi) is 6.31. The summed E-state index contributed by atoms with van der Waals surface area (Å²) < 4.78 is 5.17. The van der Waals surface area contributed by atoms with Crippen molar-refractivity contribution >= 4 is 63.0 Å². The summed E-state index contributed by atoms with van der Waals surface area (Å²) in [5, 5.41) is 15.8. The number of hydrogen-bond donors (Lipinski definition) is 0. The van der Waals surface area contributed by atoms with Crippen molar-refractivity contribution in [3.8, 4) is 50.6 Å². The van der Waals surface area contributed by atoms with Crippen LogP contribution >= 0.6 is 22.7 Å². The summed E-state index contributed by atoms with van der Waals surface area (Å²) >= 11 is 3.67. The van der Waals surface area contributed by atoms with E-state index in [1.807, 2.05) is 40.9 Å². The molecule has 0 radical (unpaired) electrons. The fraction of sp³-hybridized carbons (Fsp3) is 0. The summed E-state index contributed by atoms with van der Waals surface area (Å²) in [4.78, 5) is 0. The van der Waals surface area contributed by atoms with E-state index in [0.29, 0.717) is 5.56 Å². The number of nitrogens with zero attached hydrogens (tertiary/aromatic N) is 1. The third-order valence-corrected chi connectivity index (χ3v) is 11.3. The molecule has 3 heteroatoms. The van der Waals surface area contributed by atoms with Crippen molar-refractivity contribution in [3.63, 3.8) is 0 Å². The fourth-order valence-electron chi connectivity index (χ4n) is 6.75. The Labute approximate surface area is 274 Å². The second-order valence-electron chi connectivity index (χ2n) is 11.6. The van der Waals surface area contributed by atoms with Crippen molar-refractivity contribution in [1.29, 1.82) is 5.26 Å². The monoisotopic (exact) mass is 619 g/mol. The minimum atomic E-state index is 0.688. The van der Waals surface area contributed by atoms with Crippen LogP contribution in [-0.4, -0.2) is 0 Å². The fourth-order valence-corrected chi connectivity index (χ4v) is 8.93. The van der Waals surface area contributed by atoms with Crippen molar-refractivity contribution in [2.45, 2.75) is 0 Å². The number of thiophene rings is 2. The molecule has 9 aromatic rings. The van der Waals surface area contributed by atoms with E-state index >= 15 is 0 Å². The molecule has 7 aromatic carbocycles. The van der Waals surface area contributed by atoms with Gasteiger partial charge in [-0.25, -0.2) is 0 Å². The molecule has 0 aliphatic rings. The lowest BCUT2D eigenvalue weighted by molar-refractivity contribution is 1.47. The second kappa shape index (κ2) is 10.8. The zero-order valence-corrected chi connectivity index (χ0v) is 26.3. The maximum atomic E-state index is 10.6. The van der Waals surface area contributed by atoms with Gasteiger partial charge in [0.15, 0.2) is 0 Å². The molecule has 0 aliphatic heterocycles. The van der Waals surface area contributed by atoms with Crippen LogP contribution in [0.2, 0.25) is 0 Å². The maximum Gasteiger partial charge on any atom is 0.100 e. The van der Waals surface area contributed by atoms with Gasteiger partial charge in [-0.15, -0.1) is 22.7 Å². The zero-order valence-electron chi connectivity index (χ0n) is 24.7. The summed E-state index contributed by atoms with van der Waals surface area (Å²) in [7, 11) is 0. The highest BCUT2D eigenvalue weighted by Gasteiger charge is 2.18. The minimum Gasteiger partial charge on any atom is -0.192 e. The van der Waals surface area contributed by atoms with Crippen LogP contribution in [0.3, 0.4) is 0 Å². The molecule has 0 fully saturated rings. The van der Waals surface area contributed by atoms with E-state index in [9.17, 15) is 5.26 Å². The third-order valence-electron chi connectivity index (χ3n) is 8.97. The molecule has 46 heavy (non-hydrogen) atoms. The third kappa shape index (κ3) is 4.35. The zero-order chi connectivity index (χ0) is 30.6. The number of benzene rings is 7. The van der Waals surface area contributed by atoms with Crippen LogP contribution in [0.1, 0.15) is 5.56 Å². The first-order chi connectivity index (χ1) is 22.7. The van der Waals surface area contributed by atoms with E-state index < -0.39 is 0 Å². The highest BCUT2D eigenvalue weighted by molar-refractivity contribution is 7.26. The quantitative estimate of drug-likeness (QED) is 0.192. The average molecular weight is 620 g/mol. The Hall–Kier alpha value is -5.53. The molecule has 214 valence electrons. The smallest absolute Gasteiger partial charge is 0.100 e. The van der Waals surface area contributed by atoms with Gasteiger partial charge in [0.05, 0.1) is 5.56 Å². The van der Waals surface area contributed by atoms with Crippen molar-refractivity contribution in [2.24, 2.45) is 0 Å². The van der Waals surface area contributed by atoms with Gasteiger partial charge in [-0.1, -0.05) is 109 Å². The molecule has 0 bridgehead atoms. The van der Waals surface area contributed by atoms with Crippen LogP contribution in [0.15, 0.2) is 152 Å². The summed E-state index contributed by atoms with van der Waals surface area (Å²) in [6.45, 7) is 0. The van der Waals surface area contributed by atoms with E-state index in [0.717, 1.165) is 38.9 Å². The molecule has 0 unspecified atom stereocenters. The van der Waals surface area contributed by atoms with E-state index in [4.69, 9.17) is 0 Å². The van der Waals surface area contributed by atoms with E-state index in [1.165, 1.54) is 45.9 Å². The molecular weight excluding hydrogens is 595 g/mol. The van der Waals surface area contributed by atoms with Crippen LogP contribution in [0.4, 0.5) is 0 Å². The van der Waals surface area contributed by atoms with Crippen LogP contribution in [0.5, 0.6) is 0 Å². The lowest BCUT2D eigenvalue weighted by atomic mass is 9.86. The topological polar surface area (TPSA) is 23.8 Å². The summed E-state index contributed by atoms with van der Waals surface area (Å²) in [5.41, 5.74) is 9.23. The lowest BCUT2D eigenvalue weighted by Gasteiger charge is -2.16. The first kappa shape index (κ1) is 26.8. The van der Waals surface area contributed by atoms with Gasteiger partial charge in [0.1, 0.15) is 6.07 Å². The molecule has 1 nitrogen and oxygen atoms in total. The molecule has 0 saturated heterocycles. The highest BCUT2D eigenvalue weighted by Crippen LogP contribution is 2.43. The van der Waals surface area contributed by atoms with Crippen molar-refractivity contribution in [1.82, 2.24) is 0 Å². The van der Waals surface area contributed by atoms with Crippen LogP contribution in [0.25, 0.3) is 84.9 Å². The standard InChI is InChI=1S/C43H25NS2/c44-26-39-31(27-9-2-1-3-10-27)13-8-14-33(39)36-23-28(29-18-21-42-37(24-29)34-11-4-6-15-40(34)45-42)17-20-32(36)30-19-22-43-38(25-30)35-12-5-7-16-41(35)46-43/h1-25H. The van der Waals surface area contributed by atoms with E-state index in [-0.39, 0.29) is 0 Å². The number of fused-ring (bicyclic) bond motifs is 6. The first-order valence-electron chi connectivity index (χ1n) is 15.3.